The maximum Gasteiger partial charge on any atom is 0.0594 e. The molecule has 0 fully saturated rings. The topological polar surface area (TPSA) is 50.9 Å². The van der Waals surface area contributed by atoms with Crippen molar-refractivity contribution in [2.24, 2.45) is 5.73 Å². The minimum absolute atomic E-state index is 0.534. The van der Waals surface area contributed by atoms with Crippen LogP contribution in [0.1, 0.15) is 11.3 Å². The monoisotopic (exact) mass is 291 g/mol. The van der Waals surface area contributed by atoms with Crippen LogP contribution in [0.5, 0.6) is 0 Å². The van der Waals surface area contributed by atoms with Gasteiger partial charge in [0.1, 0.15) is 0 Å². The first kappa shape index (κ1) is 12.1. The number of pyridine rings is 1. The predicted octanol–water partition coefficient (Wildman–Crippen LogP) is 2.91. The number of rotatable bonds is 4. The molecule has 3 N–H and O–H groups in total. The van der Waals surface area contributed by atoms with Crippen LogP contribution >= 0.6 is 15.9 Å². The summed E-state index contributed by atoms with van der Waals surface area (Å²) in [7, 11) is 0. The zero-order valence-electron chi connectivity index (χ0n) is 9.36. The van der Waals surface area contributed by atoms with Crippen molar-refractivity contribution in [2.45, 2.75) is 13.1 Å². The second-order valence-corrected chi connectivity index (χ2v) is 4.64. The van der Waals surface area contributed by atoms with Crippen molar-refractivity contribution < 1.29 is 0 Å². The molecule has 2 rings (SSSR count). The average Bonchev–Trinajstić information content (AvgIpc) is 2.37. The smallest absolute Gasteiger partial charge is 0.0594 e. The van der Waals surface area contributed by atoms with Crippen LogP contribution in [0, 0.1) is 0 Å². The van der Waals surface area contributed by atoms with Crippen LogP contribution in [0.2, 0.25) is 0 Å². The summed E-state index contributed by atoms with van der Waals surface area (Å²) in [4.78, 5) is 4.33. The Hall–Kier alpha value is -1.39. The van der Waals surface area contributed by atoms with Gasteiger partial charge in [0.05, 0.1) is 12.2 Å². The molecule has 0 aliphatic carbocycles. The van der Waals surface area contributed by atoms with Crippen molar-refractivity contribution in [1.29, 1.82) is 0 Å². The molecule has 0 amide bonds. The van der Waals surface area contributed by atoms with Crippen LogP contribution in [0.25, 0.3) is 0 Å². The Labute approximate surface area is 109 Å². The van der Waals surface area contributed by atoms with Gasteiger partial charge in [-0.15, -0.1) is 0 Å². The Bertz CT molecular complexity index is 482. The molecule has 0 radical (unpaired) electrons. The van der Waals surface area contributed by atoms with Gasteiger partial charge in [0, 0.05) is 22.9 Å². The summed E-state index contributed by atoms with van der Waals surface area (Å²) in [5, 5.41) is 3.32. The van der Waals surface area contributed by atoms with Crippen LogP contribution < -0.4 is 11.1 Å². The van der Waals surface area contributed by atoms with E-state index in [1.807, 2.05) is 42.6 Å². The Kier molecular flexibility index (Phi) is 4.12. The molecule has 3 nitrogen and oxygen atoms in total. The highest BCUT2D eigenvalue weighted by atomic mass is 79.9. The highest BCUT2D eigenvalue weighted by molar-refractivity contribution is 9.10. The Balaban J connectivity index is 1.97. The summed E-state index contributed by atoms with van der Waals surface area (Å²) in [6.07, 6.45) is 1.82. The van der Waals surface area contributed by atoms with Crippen molar-refractivity contribution in [3.63, 3.8) is 0 Å². The molecule has 0 aliphatic rings. The van der Waals surface area contributed by atoms with E-state index in [1.54, 1.807) is 0 Å². The SMILES string of the molecule is NCc1ccc(CNc2cccc(Br)c2)nc1. The largest absolute Gasteiger partial charge is 0.379 e. The number of nitrogens with zero attached hydrogens (tertiary/aromatic N) is 1. The molecule has 0 bridgehead atoms. The lowest BCUT2D eigenvalue weighted by atomic mass is 10.2. The molecule has 1 heterocycles. The number of anilines is 1. The lowest BCUT2D eigenvalue weighted by Crippen LogP contribution is -2.03. The van der Waals surface area contributed by atoms with E-state index in [0.29, 0.717) is 13.1 Å². The van der Waals surface area contributed by atoms with Gasteiger partial charge in [-0.2, -0.15) is 0 Å². The number of aromatic nitrogens is 1. The van der Waals surface area contributed by atoms with E-state index in [2.05, 4.69) is 26.2 Å². The minimum Gasteiger partial charge on any atom is -0.379 e. The fourth-order valence-corrected chi connectivity index (χ4v) is 1.87. The molecule has 0 saturated heterocycles. The quantitative estimate of drug-likeness (QED) is 0.911. The van der Waals surface area contributed by atoms with Crippen LogP contribution in [-0.4, -0.2) is 4.98 Å². The van der Waals surface area contributed by atoms with Gasteiger partial charge in [-0.1, -0.05) is 28.1 Å². The Morgan fingerprint density at radius 2 is 2.12 bits per heavy atom. The van der Waals surface area contributed by atoms with E-state index >= 15 is 0 Å². The summed E-state index contributed by atoms with van der Waals surface area (Å²) in [5.41, 5.74) is 8.65. The van der Waals surface area contributed by atoms with Gasteiger partial charge in [0.2, 0.25) is 0 Å². The Morgan fingerprint density at radius 1 is 1.24 bits per heavy atom. The lowest BCUT2D eigenvalue weighted by Gasteiger charge is -2.06. The number of halogens is 1. The van der Waals surface area contributed by atoms with Gasteiger partial charge in [-0.3, -0.25) is 4.98 Å². The van der Waals surface area contributed by atoms with Gasteiger partial charge < -0.3 is 11.1 Å². The van der Waals surface area contributed by atoms with Crippen molar-refractivity contribution in [1.82, 2.24) is 4.98 Å². The summed E-state index contributed by atoms with van der Waals surface area (Å²) in [5.74, 6) is 0. The van der Waals surface area contributed by atoms with Gasteiger partial charge in [-0.25, -0.2) is 0 Å². The summed E-state index contributed by atoms with van der Waals surface area (Å²) >= 11 is 3.44. The molecular formula is C13H14BrN3. The van der Waals surface area contributed by atoms with Gasteiger partial charge in [0.25, 0.3) is 0 Å². The van der Waals surface area contributed by atoms with Crippen LogP contribution in [0.4, 0.5) is 5.69 Å². The van der Waals surface area contributed by atoms with E-state index < -0.39 is 0 Å². The van der Waals surface area contributed by atoms with E-state index in [-0.39, 0.29) is 0 Å². The highest BCUT2D eigenvalue weighted by Gasteiger charge is 1.96. The van der Waals surface area contributed by atoms with E-state index in [0.717, 1.165) is 21.4 Å². The molecule has 17 heavy (non-hydrogen) atoms. The minimum atomic E-state index is 0.534. The third kappa shape index (κ3) is 3.54. The molecule has 0 atom stereocenters. The molecule has 88 valence electrons. The molecule has 0 aliphatic heterocycles. The van der Waals surface area contributed by atoms with Gasteiger partial charge >= 0.3 is 0 Å². The third-order valence-electron chi connectivity index (χ3n) is 2.42. The molecule has 4 heteroatoms. The average molecular weight is 292 g/mol. The third-order valence-corrected chi connectivity index (χ3v) is 2.91. The fraction of sp³-hybridized carbons (Fsp3) is 0.154. The number of hydrogen-bond donors (Lipinski definition) is 2. The second-order valence-electron chi connectivity index (χ2n) is 3.73. The Morgan fingerprint density at radius 3 is 2.76 bits per heavy atom. The van der Waals surface area contributed by atoms with E-state index in [1.165, 1.54) is 0 Å². The van der Waals surface area contributed by atoms with Crippen LogP contribution in [0.3, 0.4) is 0 Å². The van der Waals surface area contributed by atoms with Crippen molar-refractivity contribution in [3.8, 4) is 0 Å². The fourth-order valence-electron chi connectivity index (χ4n) is 1.47. The number of nitrogens with one attached hydrogen (secondary N) is 1. The first-order valence-corrected chi connectivity index (χ1v) is 6.20. The first-order valence-electron chi connectivity index (χ1n) is 5.41. The van der Waals surface area contributed by atoms with Crippen molar-refractivity contribution in [2.75, 3.05) is 5.32 Å². The molecule has 0 spiro atoms. The van der Waals surface area contributed by atoms with Crippen LogP contribution in [-0.2, 0) is 13.1 Å². The molecule has 2 aromatic rings. The molecule has 0 unspecified atom stereocenters. The van der Waals surface area contributed by atoms with Gasteiger partial charge in [-0.05, 0) is 29.8 Å². The summed E-state index contributed by atoms with van der Waals surface area (Å²) < 4.78 is 1.06. The summed E-state index contributed by atoms with van der Waals surface area (Å²) in [6.45, 7) is 1.24. The predicted molar refractivity (Wildman–Crippen MR) is 73.6 cm³/mol. The van der Waals surface area contributed by atoms with E-state index in [4.69, 9.17) is 5.73 Å². The molecular weight excluding hydrogens is 278 g/mol. The van der Waals surface area contributed by atoms with Crippen molar-refractivity contribution >= 4 is 21.6 Å². The number of nitrogens with two attached hydrogens (primary N) is 1. The normalized spacial score (nSPS) is 10.2. The highest BCUT2D eigenvalue weighted by Crippen LogP contribution is 2.16. The standard InChI is InChI=1S/C13H14BrN3/c14-11-2-1-3-12(6-11)17-9-13-5-4-10(7-15)8-16-13/h1-6,8,17H,7,9,15H2. The van der Waals surface area contributed by atoms with Gasteiger partial charge in [0.15, 0.2) is 0 Å². The second kappa shape index (κ2) is 5.80. The molecule has 0 saturated carbocycles. The summed E-state index contributed by atoms with van der Waals surface area (Å²) in [6, 6.07) is 12.1. The lowest BCUT2D eigenvalue weighted by molar-refractivity contribution is 0.994. The zero-order valence-corrected chi connectivity index (χ0v) is 10.9. The number of benzene rings is 1. The first-order chi connectivity index (χ1) is 8.28. The number of hydrogen-bond acceptors (Lipinski definition) is 3. The van der Waals surface area contributed by atoms with E-state index in [9.17, 15) is 0 Å². The van der Waals surface area contributed by atoms with Crippen LogP contribution in [0.15, 0.2) is 47.1 Å². The zero-order chi connectivity index (χ0) is 12.1. The maximum atomic E-state index is 5.52. The maximum absolute atomic E-state index is 5.52. The molecule has 1 aromatic carbocycles. The van der Waals surface area contributed by atoms with Crippen molar-refractivity contribution in [3.05, 3.63) is 58.3 Å². The molecule has 1 aromatic heterocycles.